The number of rotatable bonds is 4. The highest BCUT2D eigenvalue weighted by molar-refractivity contribution is 5.17. The molecule has 1 aromatic carbocycles. The van der Waals surface area contributed by atoms with Gasteiger partial charge in [0, 0.05) is 18.4 Å². The lowest BCUT2D eigenvalue weighted by molar-refractivity contribution is 0.160. The van der Waals surface area contributed by atoms with Crippen molar-refractivity contribution in [3.8, 4) is 0 Å². The molecule has 1 aromatic heterocycles. The van der Waals surface area contributed by atoms with Crippen LogP contribution in [0.1, 0.15) is 23.8 Å². The number of hydrogen-bond acceptors (Lipinski definition) is 3. The lowest BCUT2D eigenvalue weighted by atomic mass is 10.1. The maximum Gasteiger partial charge on any atom is 0.347 e. The van der Waals surface area contributed by atoms with Gasteiger partial charge in [-0.3, -0.25) is 4.57 Å². The fraction of sp³-hybridized carbons (Fsp3) is 0.286. The van der Waals surface area contributed by atoms with Crippen molar-refractivity contribution < 1.29 is 5.11 Å². The van der Waals surface area contributed by atoms with Crippen LogP contribution in [-0.2, 0) is 6.54 Å². The van der Waals surface area contributed by atoms with Gasteiger partial charge in [-0.1, -0.05) is 30.3 Å². The Labute approximate surface area is 106 Å². The zero-order valence-corrected chi connectivity index (χ0v) is 10.3. The smallest absolute Gasteiger partial charge is 0.347 e. The summed E-state index contributed by atoms with van der Waals surface area (Å²) in [5.74, 6) is 0. The maximum atomic E-state index is 11.6. The molecule has 0 bridgehead atoms. The Morgan fingerprint density at radius 1 is 1.28 bits per heavy atom. The van der Waals surface area contributed by atoms with E-state index in [2.05, 4.69) is 4.98 Å². The normalized spacial score (nSPS) is 12.3. The fourth-order valence-corrected chi connectivity index (χ4v) is 1.79. The van der Waals surface area contributed by atoms with Crippen LogP contribution in [0.3, 0.4) is 0 Å². The van der Waals surface area contributed by atoms with Gasteiger partial charge in [0.25, 0.3) is 0 Å². The van der Waals surface area contributed by atoms with E-state index in [1.807, 2.05) is 30.3 Å². The van der Waals surface area contributed by atoms with Crippen LogP contribution in [0.5, 0.6) is 0 Å². The predicted octanol–water partition coefficient (Wildman–Crippen LogP) is 1.68. The molecule has 94 valence electrons. The molecule has 0 amide bonds. The molecule has 1 N–H and O–H groups in total. The number of aliphatic hydroxyl groups excluding tert-OH is 1. The average molecular weight is 244 g/mol. The predicted molar refractivity (Wildman–Crippen MR) is 69.3 cm³/mol. The molecule has 18 heavy (non-hydrogen) atoms. The van der Waals surface area contributed by atoms with E-state index >= 15 is 0 Å². The standard InChI is InChI=1S/C14H16N2O2/c1-11-7-9-16(14(18)15-11)10-8-13(17)12-5-3-2-4-6-12/h2-7,9,13,17H,8,10H2,1H3/t13-/m1/s1. The monoisotopic (exact) mass is 244 g/mol. The van der Waals surface area contributed by atoms with Crippen LogP contribution in [-0.4, -0.2) is 14.7 Å². The summed E-state index contributed by atoms with van der Waals surface area (Å²) in [6.07, 6.45) is 1.65. The van der Waals surface area contributed by atoms with Gasteiger partial charge in [-0.15, -0.1) is 0 Å². The largest absolute Gasteiger partial charge is 0.388 e. The summed E-state index contributed by atoms with van der Waals surface area (Å²) in [4.78, 5) is 15.4. The number of benzene rings is 1. The van der Waals surface area contributed by atoms with Crippen molar-refractivity contribution in [1.82, 2.24) is 9.55 Å². The topological polar surface area (TPSA) is 55.1 Å². The van der Waals surface area contributed by atoms with Gasteiger partial charge in [-0.25, -0.2) is 4.79 Å². The van der Waals surface area contributed by atoms with Gasteiger partial charge in [0.15, 0.2) is 0 Å². The summed E-state index contributed by atoms with van der Waals surface area (Å²) in [7, 11) is 0. The van der Waals surface area contributed by atoms with Gasteiger partial charge >= 0.3 is 5.69 Å². The molecular weight excluding hydrogens is 228 g/mol. The first kappa shape index (κ1) is 12.5. The Morgan fingerprint density at radius 2 is 2.00 bits per heavy atom. The molecular formula is C14H16N2O2. The molecule has 0 aliphatic heterocycles. The first-order chi connectivity index (χ1) is 8.66. The Kier molecular flexibility index (Phi) is 3.89. The van der Waals surface area contributed by atoms with Crippen LogP contribution in [0.25, 0.3) is 0 Å². The molecule has 1 heterocycles. The second-order valence-electron chi connectivity index (χ2n) is 4.26. The van der Waals surface area contributed by atoms with E-state index in [9.17, 15) is 9.90 Å². The molecule has 0 radical (unpaired) electrons. The number of nitrogens with zero attached hydrogens (tertiary/aromatic N) is 2. The van der Waals surface area contributed by atoms with Crippen LogP contribution < -0.4 is 5.69 Å². The molecule has 4 nitrogen and oxygen atoms in total. The van der Waals surface area contributed by atoms with Gasteiger partial charge in [0.1, 0.15) is 0 Å². The molecule has 2 aromatic rings. The first-order valence-electron chi connectivity index (χ1n) is 5.94. The van der Waals surface area contributed by atoms with Crippen LogP contribution >= 0.6 is 0 Å². The van der Waals surface area contributed by atoms with E-state index in [0.717, 1.165) is 5.56 Å². The van der Waals surface area contributed by atoms with Gasteiger partial charge in [-0.05, 0) is 25.0 Å². The van der Waals surface area contributed by atoms with Crippen molar-refractivity contribution in [2.45, 2.75) is 26.0 Å². The summed E-state index contributed by atoms with van der Waals surface area (Å²) in [5, 5.41) is 9.99. The minimum Gasteiger partial charge on any atom is -0.388 e. The highest BCUT2D eigenvalue weighted by Crippen LogP contribution is 2.16. The Hall–Kier alpha value is -1.94. The molecule has 0 spiro atoms. The number of aryl methyl sites for hydroxylation is 2. The van der Waals surface area contributed by atoms with E-state index < -0.39 is 6.10 Å². The Balaban J connectivity index is 2.02. The van der Waals surface area contributed by atoms with E-state index in [1.165, 1.54) is 4.57 Å². The summed E-state index contributed by atoms with van der Waals surface area (Å²) >= 11 is 0. The van der Waals surface area contributed by atoms with E-state index in [4.69, 9.17) is 0 Å². The van der Waals surface area contributed by atoms with Crippen LogP contribution in [0.15, 0.2) is 47.4 Å². The van der Waals surface area contributed by atoms with Crippen LogP contribution in [0.4, 0.5) is 0 Å². The Morgan fingerprint density at radius 3 is 2.67 bits per heavy atom. The maximum absolute atomic E-state index is 11.6. The average Bonchev–Trinajstić information content (AvgIpc) is 2.38. The molecule has 0 aliphatic rings. The number of hydrogen-bond donors (Lipinski definition) is 1. The van der Waals surface area contributed by atoms with Crippen molar-refractivity contribution in [1.29, 1.82) is 0 Å². The van der Waals surface area contributed by atoms with Crippen molar-refractivity contribution in [2.75, 3.05) is 0 Å². The quantitative estimate of drug-likeness (QED) is 0.890. The fourth-order valence-electron chi connectivity index (χ4n) is 1.79. The van der Waals surface area contributed by atoms with E-state index in [-0.39, 0.29) is 5.69 Å². The second-order valence-corrected chi connectivity index (χ2v) is 4.26. The highest BCUT2D eigenvalue weighted by atomic mass is 16.3. The zero-order chi connectivity index (χ0) is 13.0. The lowest BCUT2D eigenvalue weighted by Crippen LogP contribution is -2.23. The molecule has 0 saturated carbocycles. The van der Waals surface area contributed by atoms with Crippen molar-refractivity contribution in [2.24, 2.45) is 0 Å². The summed E-state index contributed by atoms with van der Waals surface area (Å²) in [6.45, 7) is 2.24. The zero-order valence-electron chi connectivity index (χ0n) is 10.3. The third-order valence-electron chi connectivity index (χ3n) is 2.84. The van der Waals surface area contributed by atoms with E-state index in [1.54, 1.807) is 19.2 Å². The minimum atomic E-state index is -0.556. The SMILES string of the molecule is Cc1ccn(CC[C@@H](O)c2ccccc2)c(=O)n1. The molecule has 0 unspecified atom stereocenters. The molecule has 0 saturated heterocycles. The summed E-state index contributed by atoms with van der Waals surface area (Å²) < 4.78 is 1.51. The third kappa shape index (κ3) is 3.05. The van der Waals surface area contributed by atoms with Gasteiger partial charge < -0.3 is 5.11 Å². The van der Waals surface area contributed by atoms with Gasteiger partial charge in [-0.2, -0.15) is 4.98 Å². The third-order valence-corrected chi connectivity index (χ3v) is 2.84. The Bertz CT molecular complexity index is 564. The molecule has 2 rings (SSSR count). The van der Waals surface area contributed by atoms with Crippen LogP contribution in [0.2, 0.25) is 0 Å². The van der Waals surface area contributed by atoms with Crippen molar-refractivity contribution >= 4 is 0 Å². The molecule has 0 fully saturated rings. The summed E-state index contributed by atoms with van der Waals surface area (Å²) in [6, 6.07) is 11.2. The van der Waals surface area contributed by atoms with Crippen LogP contribution in [0, 0.1) is 6.92 Å². The lowest BCUT2D eigenvalue weighted by Gasteiger charge is -2.11. The molecule has 4 heteroatoms. The van der Waals surface area contributed by atoms with Crippen molar-refractivity contribution in [3.63, 3.8) is 0 Å². The summed E-state index contributed by atoms with van der Waals surface area (Å²) in [5.41, 5.74) is 1.31. The first-order valence-corrected chi connectivity index (χ1v) is 5.94. The van der Waals surface area contributed by atoms with Gasteiger partial charge in [0.2, 0.25) is 0 Å². The second kappa shape index (κ2) is 5.60. The number of aromatic nitrogens is 2. The number of aliphatic hydroxyl groups is 1. The highest BCUT2D eigenvalue weighted by Gasteiger charge is 2.07. The minimum absolute atomic E-state index is 0.268. The van der Waals surface area contributed by atoms with E-state index in [0.29, 0.717) is 18.7 Å². The molecule has 0 aliphatic carbocycles. The van der Waals surface area contributed by atoms with Crippen molar-refractivity contribution in [3.05, 3.63) is 64.3 Å². The molecule has 1 atom stereocenters. The van der Waals surface area contributed by atoms with Gasteiger partial charge in [0.05, 0.1) is 6.10 Å².